The molecule has 7 heteroatoms. The van der Waals surface area contributed by atoms with Crippen LogP contribution in [0.5, 0.6) is 17.2 Å². The molecule has 39 heavy (non-hydrogen) atoms. The van der Waals surface area contributed by atoms with Crippen LogP contribution in [0.15, 0.2) is 91.0 Å². The molecule has 1 unspecified atom stereocenters. The Labute approximate surface area is 226 Å². The highest BCUT2D eigenvalue weighted by atomic mass is 16.5. The number of methoxy groups -OCH3 is 2. The molecule has 1 aliphatic rings. The summed E-state index contributed by atoms with van der Waals surface area (Å²) in [6.07, 6.45) is 0. The van der Waals surface area contributed by atoms with Crippen molar-refractivity contribution < 1.29 is 33.6 Å². The third-order valence-corrected chi connectivity index (χ3v) is 6.91. The highest BCUT2D eigenvalue weighted by Crippen LogP contribution is 2.45. The molecular formula is C32H28O7. The molecule has 0 heterocycles. The number of carboxylic acids is 1. The fourth-order valence-electron chi connectivity index (χ4n) is 5.17. The van der Waals surface area contributed by atoms with Crippen molar-refractivity contribution in [1.29, 1.82) is 0 Å². The zero-order valence-electron chi connectivity index (χ0n) is 21.6. The third kappa shape index (κ3) is 5.16. The number of para-hydroxylation sites is 1. The maximum atomic E-state index is 13.9. The summed E-state index contributed by atoms with van der Waals surface area (Å²) in [4.78, 5) is 24.7. The first-order valence-electron chi connectivity index (χ1n) is 12.5. The summed E-state index contributed by atoms with van der Waals surface area (Å²) in [5.41, 5.74) is 5.79. The number of carbonyl (C=O) groups is 2. The van der Waals surface area contributed by atoms with E-state index in [4.69, 9.17) is 24.1 Å². The maximum Gasteiger partial charge on any atom is 0.341 e. The van der Waals surface area contributed by atoms with Crippen molar-refractivity contribution in [3.63, 3.8) is 0 Å². The van der Waals surface area contributed by atoms with E-state index in [2.05, 4.69) is 24.3 Å². The molecule has 0 bridgehead atoms. The second-order valence-corrected chi connectivity index (χ2v) is 9.12. The van der Waals surface area contributed by atoms with Crippen molar-refractivity contribution in [3.05, 3.63) is 113 Å². The largest absolute Gasteiger partial charge is 0.493 e. The Morgan fingerprint density at radius 3 is 2.03 bits per heavy atom. The quantitative estimate of drug-likeness (QED) is 0.268. The van der Waals surface area contributed by atoms with Gasteiger partial charge in [-0.25, -0.2) is 4.79 Å². The highest BCUT2D eigenvalue weighted by Gasteiger charge is 2.33. The Morgan fingerprint density at radius 2 is 1.44 bits per heavy atom. The van der Waals surface area contributed by atoms with Crippen LogP contribution < -0.4 is 14.2 Å². The average molecular weight is 525 g/mol. The van der Waals surface area contributed by atoms with Gasteiger partial charge in [-0.15, -0.1) is 0 Å². The predicted molar refractivity (Wildman–Crippen MR) is 146 cm³/mol. The fraction of sp³-hybridized carbons (Fsp3) is 0.188. The van der Waals surface area contributed by atoms with Gasteiger partial charge in [0, 0.05) is 11.5 Å². The lowest BCUT2D eigenvalue weighted by molar-refractivity contribution is -0.144. The summed E-state index contributed by atoms with van der Waals surface area (Å²) in [7, 11) is 3.07. The molecule has 0 saturated carbocycles. The van der Waals surface area contributed by atoms with Gasteiger partial charge in [-0.1, -0.05) is 72.8 Å². The summed E-state index contributed by atoms with van der Waals surface area (Å²) < 4.78 is 22.5. The van der Waals surface area contributed by atoms with Crippen molar-refractivity contribution in [1.82, 2.24) is 0 Å². The second kappa shape index (κ2) is 11.3. The van der Waals surface area contributed by atoms with Crippen molar-refractivity contribution in [2.45, 2.75) is 11.8 Å². The number of aliphatic carboxylic acids is 1. The molecule has 0 fully saturated rings. The fourth-order valence-corrected chi connectivity index (χ4v) is 5.17. The molecule has 0 amide bonds. The number of rotatable bonds is 10. The minimum Gasteiger partial charge on any atom is -0.493 e. The van der Waals surface area contributed by atoms with Gasteiger partial charge in [-0.05, 0) is 46.0 Å². The van der Waals surface area contributed by atoms with Gasteiger partial charge in [0.2, 0.25) is 0 Å². The summed E-state index contributed by atoms with van der Waals surface area (Å²) in [6, 6.07) is 28.4. The summed E-state index contributed by atoms with van der Waals surface area (Å²) in [5, 5.41) is 8.91. The molecule has 1 atom stereocenters. The second-order valence-electron chi connectivity index (χ2n) is 9.12. The topological polar surface area (TPSA) is 91.3 Å². The van der Waals surface area contributed by atoms with E-state index >= 15 is 0 Å². The smallest absolute Gasteiger partial charge is 0.341 e. The summed E-state index contributed by atoms with van der Waals surface area (Å²) in [5.74, 6) is -1.11. The van der Waals surface area contributed by atoms with E-state index in [1.54, 1.807) is 43.5 Å². The van der Waals surface area contributed by atoms with Gasteiger partial charge in [0.25, 0.3) is 0 Å². The van der Waals surface area contributed by atoms with Gasteiger partial charge in [0.05, 0.1) is 14.2 Å². The van der Waals surface area contributed by atoms with Crippen LogP contribution in [0.1, 0.15) is 34.1 Å². The Bertz CT molecular complexity index is 1450. The molecule has 7 nitrogen and oxygen atoms in total. The van der Waals surface area contributed by atoms with Crippen LogP contribution in [0.3, 0.4) is 0 Å². The Morgan fingerprint density at radius 1 is 0.795 bits per heavy atom. The van der Waals surface area contributed by atoms with Crippen LogP contribution in [-0.2, 0) is 14.3 Å². The van der Waals surface area contributed by atoms with Gasteiger partial charge in [-0.3, -0.25) is 4.79 Å². The maximum absolute atomic E-state index is 13.9. The van der Waals surface area contributed by atoms with E-state index in [0.29, 0.717) is 28.4 Å². The van der Waals surface area contributed by atoms with Gasteiger partial charge in [0.1, 0.15) is 18.3 Å². The molecule has 0 spiro atoms. The molecule has 1 aliphatic carbocycles. The molecule has 0 aliphatic heterocycles. The van der Waals surface area contributed by atoms with Crippen molar-refractivity contribution in [2.24, 2.45) is 0 Å². The average Bonchev–Trinajstić information content (AvgIpc) is 3.29. The van der Waals surface area contributed by atoms with Crippen LogP contribution in [0, 0.1) is 0 Å². The molecule has 1 N–H and O–H groups in total. The minimum absolute atomic E-state index is 0.0824. The number of hydrogen-bond donors (Lipinski definition) is 1. The number of hydrogen-bond acceptors (Lipinski definition) is 6. The van der Waals surface area contributed by atoms with Crippen LogP contribution >= 0.6 is 0 Å². The van der Waals surface area contributed by atoms with Gasteiger partial charge in [-0.2, -0.15) is 0 Å². The molecule has 0 saturated heterocycles. The monoisotopic (exact) mass is 524 g/mol. The summed E-state index contributed by atoms with van der Waals surface area (Å²) in [6.45, 7) is -0.283. The van der Waals surface area contributed by atoms with E-state index in [1.165, 1.54) is 7.11 Å². The Balaban J connectivity index is 1.47. The molecule has 198 valence electrons. The van der Waals surface area contributed by atoms with Crippen molar-refractivity contribution in [3.8, 4) is 28.4 Å². The van der Waals surface area contributed by atoms with Crippen molar-refractivity contribution >= 4 is 11.9 Å². The standard InChI is InChI=1S/C32H28O7/c1-36-28-13-7-12-26(31(28)37-2)30(20-14-16-21(17-15-20)38-19-29(33)34)32(35)39-18-27-24-10-5-3-8-22(24)23-9-4-6-11-25(23)27/h3-17,27,30H,18-19H2,1-2H3,(H,33,34). The zero-order valence-corrected chi connectivity index (χ0v) is 21.6. The lowest BCUT2D eigenvalue weighted by Gasteiger charge is -2.22. The number of carbonyl (C=O) groups excluding carboxylic acids is 1. The number of fused-ring (bicyclic) bond motifs is 3. The molecule has 4 aromatic carbocycles. The Kier molecular flexibility index (Phi) is 7.50. The van der Waals surface area contributed by atoms with E-state index in [1.807, 2.05) is 30.3 Å². The SMILES string of the molecule is COc1cccc(C(C(=O)OCC2c3ccccc3-c3ccccc32)c2ccc(OCC(=O)O)cc2)c1OC. The predicted octanol–water partition coefficient (Wildman–Crippen LogP) is 5.65. The number of benzene rings is 4. The van der Waals surface area contributed by atoms with Crippen LogP contribution in [0.2, 0.25) is 0 Å². The molecule has 0 aromatic heterocycles. The third-order valence-electron chi connectivity index (χ3n) is 6.91. The van der Waals surface area contributed by atoms with Gasteiger partial charge in [0.15, 0.2) is 18.1 Å². The molecule has 0 radical (unpaired) electrons. The first kappa shape index (κ1) is 25.9. The number of carboxylic acid groups (broad SMARTS) is 1. The van der Waals surface area contributed by atoms with E-state index in [9.17, 15) is 9.59 Å². The molecule has 4 aromatic rings. The van der Waals surface area contributed by atoms with Crippen LogP contribution in [0.4, 0.5) is 0 Å². The molecule has 5 rings (SSSR count). The van der Waals surface area contributed by atoms with E-state index in [-0.39, 0.29) is 12.5 Å². The highest BCUT2D eigenvalue weighted by molar-refractivity contribution is 5.84. The van der Waals surface area contributed by atoms with Crippen molar-refractivity contribution in [2.75, 3.05) is 27.4 Å². The normalized spacial score (nSPS) is 12.7. The van der Waals surface area contributed by atoms with Crippen LogP contribution in [0.25, 0.3) is 11.1 Å². The summed E-state index contributed by atoms with van der Waals surface area (Å²) >= 11 is 0. The van der Waals surface area contributed by atoms with Gasteiger partial charge >= 0.3 is 11.9 Å². The number of ether oxygens (including phenoxy) is 4. The lowest BCUT2D eigenvalue weighted by atomic mass is 9.90. The van der Waals surface area contributed by atoms with Crippen LogP contribution in [-0.4, -0.2) is 44.5 Å². The minimum atomic E-state index is -1.07. The molecular weight excluding hydrogens is 496 g/mol. The first-order chi connectivity index (χ1) is 19.0. The lowest BCUT2D eigenvalue weighted by Crippen LogP contribution is -2.21. The van der Waals surface area contributed by atoms with Gasteiger partial charge < -0.3 is 24.1 Å². The zero-order chi connectivity index (χ0) is 27.4. The van der Waals surface area contributed by atoms with E-state index in [0.717, 1.165) is 22.3 Å². The van der Waals surface area contributed by atoms with E-state index < -0.39 is 24.5 Å². The first-order valence-corrected chi connectivity index (χ1v) is 12.5. The Hall–Kier alpha value is -4.78. The number of esters is 1.